The highest BCUT2D eigenvalue weighted by Crippen LogP contribution is 2.36. The standard InChI is InChI=1S/C24H28N4/c1-2-4-8-17(7-3-1)24-22(16-26-28-24)20-11-12-25-23(15-20)27-21-13-18-9-5-6-10-19(18)14-21/h5-6,9-12,15-17,21H,1-4,7-8,13-14H2,(H,25,27)(H,26,28). The molecule has 0 bridgehead atoms. The molecule has 1 saturated carbocycles. The van der Waals surface area contributed by atoms with Gasteiger partial charge in [-0.15, -0.1) is 0 Å². The van der Waals surface area contributed by atoms with Gasteiger partial charge < -0.3 is 5.32 Å². The maximum Gasteiger partial charge on any atom is 0.126 e. The van der Waals surface area contributed by atoms with Crippen LogP contribution in [0.15, 0.2) is 48.8 Å². The molecule has 0 unspecified atom stereocenters. The monoisotopic (exact) mass is 372 g/mol. The van der Waals surface area contributed by atoms with Crippen LogP contribution in [-0.4, -0.2) is 21.2 Å². The number of nitrogens with one attached hydrogen (secondary N) is 2. The zero-order valence-corrected chi connectivity index (χ0v) is 16.3. The van der Waals surface area contributed by atoms with Crippen molar-refractivity contribution in [3.05, 3.63) is 65.6 Å². The van der Waals surface area contributed by atoms with Crippen molar-refractivity contribution in [2.24, 2.45) is 0 Å². The third-order valence-electron chi connectivity index (χ3n) is 6.41. The summed E-state index contributed by atoms with van der Waals surface area (Å²) in [5, 5.41) is 11.4. The van der Waals surface area contributed by atoms with E-state index in [1.165, 1.54) is 66.5 Å². The van der Waals surface area contributed by atoms with Crippen LogP contribution in [-0.2, 0) is 12.8 Å². The number of nitrogens with zero attached hydrogens (tertiary/aromatic N) is 2. The van der Waals surface area contributed by atoms with Gasteiger partial charge >= 0.3 is 0 Å². The largest absolute Gasteiger partial charge is 0.367 e. The number of fused-ring (bicyclic) bond motifs is 1. The van der Waals surface area contributed by atoms with E-state index in [0.717, 1.165) is 18.7 Å². The fraction of sp³-hybridized carbons (Fsp3) is 0.417. The van der Waals surface area contributed by atoms with Crippen molar-refractivity contribution in [3.8, 4) is 11.1 Å². The van der Waals surface area contributed by atoms with Crippen LogP contribution < -0.4 is 5.32 Å². The third kappa shape index (κ3) is 3.56. The second kappa shape index (κ2) is 7.78. The summed E-state index contributed by atoms with van der Waals surface area (Å²) in [6.45, 7) is 0. The Bertz CT molecular complexity index is 912. The molecule has 0 atom stereocenters. The molecule has 0 amide bonds. The van der Waals surface area contributed by atoms with Crippen molar-refractivity contribution in [1.29, 1.82) is 0 Å². The lowest BCUT2D eigenvalue weighted by Gasteiger charge is -2.16. The summed E-state index contributed by atoms with van der Waals surface area (Å²) in [6.07, 6.45) is 14.0. The quantitative estimate of drug-likeness (QED) is 0.596. The highest BCUT2D eigenvalue weighted by atomic mass is 15.1. The molecule has 28 heavy (non-hydrogen) atoms. The lowest BCUT2D eigenvalue weighted by molar-refractivity contribution is 0.577. The number of benzene rings is 1. The maximum atomic E-state index is 4.59. The minimum atomic E-state index is 0.422. The van der Waals surface area contributed by atoms with Gasteiger partial charge in [0.05, 0.1) is 6.20 Å². The SMILES string of the molecule is c1ccc2c(c1)CC(Nc1cc(-c3cn[nH]c3C3CCCCCC3)ccn1)C2. The second-order valence-electron chi connectivity index (χ2n) is 8.33. The van der Waals surface area contributed by atoms with Crippen LogP contribution in [0.1, 0.15) is 61.3 Å². The van der Waals surface area contributed by atoms with Gasteiger partial charge in [0.25, 0.3) is 0 Å². The molecular weight excluding hydrogens is 344 g/mol. The van der Waals surface area contributed by atoms with Crippen LogP contribution in [0.5, 0.6) is 0 Å². The zero-order chi connectivity index (χ0) is 18.8. The number of pyridine rings is 1. The van der Waals surface area contributed by atoms with Crippen LogP contribution in [0.4, 0.5) is 5.82 Å². The highest BCUT2D eigenvalue weighted by Gasteiger charge is 2.22. The smallest absolute Gasteiger partial charge is 0.126 e. The fourth-order valence-corrected chi connectivity index (χ4v) is 4.95. The minimum absolute atomic E-state index is 0.422. The highest BCUT2D eigenvalue weighted by molar-refractivity contribution is 5.68. The molecule has 1 aromatic carbocycles. The predicted octanol–water partition coefficient (Wildman–Crippen LogP) is 5.49. The summed E-state index contributed by atoms with van der Waals surface area (Å²) in [5.74, 6) is 1.57. The molecule has 3 aromatic rings. The van der Waals surface area contributed by atoms with Crippen LogP contribution in [0.2, 0.25) is 0 Å². The van der Waals surface area contributed by atoms with E-state index in [-0.39, 0.29) is 0 Å². The molecule has 2 heterocycles. The number of rotatable bonds is 4. The minimum Gasteiger partial charge on any atom is -0.367 e. The molecule has 5 rings (SSSR count). The molecular formula is C24H28N4. The summed E-state index contributed by atoms with van der Waals surface area (Å²) < 4.78 is 0. The predicted molar refractivity (Wildman–Crippen MR) is 114 cm³/mol. The Morgan fingerprint density at radius 2 is 1.68 bits per heavy atom. The maximum absolute atomic E-state index is 4.59. The second-order valence-corrected chi connectivity index (χ2v) is 8.33. The number of hydrogen-bond donors (Lipinski definition) is 2. The normalized spacial score (nSPS) is 18.0. The van der Waals surface area contributed by atoms with Crippen molar-refractivity contribution in [2.45, 2.75) is 63.3 Å². The van der Waals surface area contributed by atoms with Crippen molar-refractivity contribution in [2.75, 3.05) is 5.32 Å². The lowest BCUT2D eigenvalue weighted by atomic mass is 9.92. The molecule has 0 radical (unpaired) electrons. The number of H-pyrrole nitrogens is 1. The molecule has 0 spiro atoms. The first-order valence-corrected chi connectivity index (χ1v) is 10.7. The van der Waals surface area contributed by atoms with E-state index >= 15 is 0 Å². The number of aromatic amines is 1. The first kappa shape index (κ1) is 17.5. The molecule has 0 saturated heterocycles. The fourth-order valence-electron chi connectivity index (χ4n) is 4.95. The summed E-state index contributed by atoms with van der Waals surface area (Å²) in [4.78, 5) is 4.59. The molecule has 2 aromatic heterocycles. The van der Waals surface area contributed by atoms with Crippen LogP contribution in [0, 0.1) is 0 Å². The lowest BCUT2D eigenvalue weighted by Crippen LogP contribution is -2.20. The molecule has 4 heteroatoms. The van der Waals surface area contributed by atoms with E-state index in [0.29, 0.717) is 12.0 Å². The summed E-state index contributed by atoms with van der Waals surface area (Å²) in [7, 11) is 0. The van der Waals surface area contributed by atoms with Crippen LogP contribution >= 0.6 is 0 Å². The molecule has 2 aliphatic rings. The molecule has 0 aliphatic heterocycles. The number of anilines is 1. The van der Waals surface area contributed by atoms with Crippen molar-refractivity contribution >= 4 is 5.82 Å². The van der Waals surface area contributed by atoms with E-state index in [4.69, 9.17) is 0 Å². The first-order chi connectivity index (χ1) is 13.9. The van der Waals surface area contributed by atoms with Gasteiger partial charge in [-0.3, -0.25) is 5.10 Å². The Balaban J connectivity index is 1.35. The Hall–Kier alpha value is -2.62. The van der Waals surface area contributed by atoms with Gasteiger partial charge in [0.2, 0.25) is 0 Å². The van der Waals surface area contributed by atoms with Gasteiger partial charge in [-0.1, -0.05) is 49.9 Å². The van der Waals surface area contributed by atoms with Crippen molar-refractivity contribution in [1.82, 2.24) is 15.2 Å². The molecule has 4 nitrogen and oxygen atoms in total. The van der Waals surface area contributed by atoms with Gasteiger partial charge in [0.1, 0.15) is 5.82 Å². The average Bonchev–Trinajstić information content (AvgIpc) is 3.27. The Morgan fingerprint density at radius 3 is 2.43 bits per heavy atom. The summed E-state index contributed by atoms with van der Waals surface area (Å²) in [6, 6.07) is 13.5. The van der Waals surface area contributed by atoms with E-state index in [2.05, 4.69) is 56.9 Å². The first-order valence-electron chi connectivity index (χ1n) is 10.7. The van der Waals surface area contributed by atoms with Crippen molar-refractivity contribution in [3.63, 3.8) is 0 Å². The Morgan fingerprint density at radius 1 is 0.929 bits per heavy atom. The Kier molecular flexibility index (Phi) is 4.86. The van der Waals surface area contributed by atoms with Crippen LogP contribution in [0.25, 0.3) is 11.1 Å². The van der Waals surface area contributed by atoms with Gasteiger partial charge in [0.15, 0.2) is 0 Å². The van der Waals surface area contributed by atoms with Gasteiger partial charge in [-0.2, -0.15) is 5.10 Å². The van der Waals surface area contributed by atoms with Crippen molar-refractivity contribution < 1.29 is 0 Å². The molecule has 2 N–H and O–H groups in total. The Labute approximate surface area is 166 Å². The van der Waals surface area contributed by atoms with E-state index in [9.17, 15) is 0 Å². The summed E-state index contributed by atoms with van der Waals surface area (Å²) in [5.41, 5.74) is 6.68. The third-order valence-corrected chi connectivity index (χ3v) is 6.41. The van der Waals surface area contributed by atoms with E-state index in [1.807, 2.05) is 12.4 Å². The van der Waals surface area contributed by atoms with Gasteiger partial charge in [0, 0.05) is 29.4 Å². The number of aromatic nitrogens is 3. The molecule has 2 aliphatic carbocycles. The number of hydrogen-bond acceptors (Lipinski definition) is 3. The summed E-state index contributed by atoms with van der Waals surface area (Å²) >= 11 is 0. The van der Waals surface area contributed by atoms with Crippen LogP contribution in [0.3, 0.4) is 0 Å². The van der Waals surface area contributed by atoms with E-state index < -0.39 is 0 Å². The molecule has 144 valence electrons. The van der Waals surface area contributed by atoms with Gasteiger partial charge in [-0.05, 0) is 54.5 Å². The van der Waals surface area contributed by atoms with Gasteiger partial charge in [-0.25, -0.2) is 4.98 Å². The zero-order valence-electron chi connectivity index (χ0n) is 16.3. The molecule has 1 fully saturated rings. The average molecular weight is 373 g/mol. The topological polar surface area (TPSA) is 53.6 Å². The van der Waals surface area contributed by atoms with E-state index in [1.54, 1.807) is 0 Å².